The number of benzene rings is 2. The van der Waals surface area contributed by atoms with Crippen molar-refractivity contribution in [2.75, 3.05) is 11.9 Å². The van der Waals surface area contributed by atoms with Crippen molar-refractivity contribution >= 4 is 28.4 Å². The standard InChI is InChI=1S/C25H22FN5O/c1-15-11-24(31-23-6-4-3-5-22(23)29-25(31)20(15)13-27)28-21-9-10-30(16(2)32)14-17-12-18(26)7-8-19(17)21/h3-8,11-12,21,28H,9-10,14H2,1-2H3. The Balaban J connectivity index is 1.66. The van der Waals surface area contributed by atoms with Crippen molar-refractivity contribution in [2.45, 2.75) is 32.9 Å². The Labute approximate surface area is 184 Å². The molecule has 3 heterocycles. The van der Waals surface area contributed by atoms with E-state index in [-0.39, 0.29) is 17.8 Å². The summed E-state index contributed by atoms with van der Waals surface area (Å²) in [6, 6.07) is 16.6. The van der Waals surface area contributed by atoms with Crippen LogP contribution in [-0.4, -0.2) is 26.7 Å². The van der Waals surface area contributed by atoms with E-state index in [0.29, 0.717) is 30.7 Å². The normalized spacial score (nSPS) is 15.9. The van der Waals surface area contributed by atoms with Crippen molar-refractivity contribution in [2.24, 2.45) is 0 Å². The molecule has 1 atom stereocenters. The lowest BCUT2D eigenvalue weighted by Gasteiger charge is -2.22. The molecule has 1 amide bonds. The van der Waals surface area contributed by atoms with Crippen LogP contribution in [0, 0.1) is 24.1 Å². The van der Waals surface area contributed by atoms with Gasteiger partial charge in [0, 0.05) is 20.0 Å². The van der Waals surface area contributed by atoms with Gasteiger partial charge in [0.2, 0.25) is 5.91 Å². The van der Waals surface area contributed by atoms with Crippen LogP contribution < -0.4 is 5.32 Å². The van der Waals surface area contributed by atoms with Crippen molar-refractivity contribution in [3.05, 3.63) is 76.6 Å². The van der Waals surface area contributed by atoms with Gasteiger partial charge < -0.3 is 10.2 Å². The molecule has 0 radical (unpaired) electrons. The molecule has 0 aliphatic carbocycles. The second-order valence-corrected chi connectivity index (χ2v) is 8.23. The van der Waals surface area contributed by atoms with Gasteiger partial charge in [-0.1, -0.05) is 18.2 Å². The quantitative estimate of drug-likeness (QED) is 0.503. The fourth-order valence-electron chi connectivity index (χ4n) is 4.57. The summed E-state index contributed by atoms with van der Waals surface area (Å²) < 4.78 is 16.0. The summed E-state index contributed by atoms with van der Waals surface area (Å²) in [5.41, 5.74) is 5.45. The van der Waals surface area contributed by atoms with Crippen LogP contribution in [0.4, 0.5) is 10.2 Å². The lowest BCUT2D eigenvalue weighted by Crippen LogP contribution is -2.28. The number of nitrogens with zero attached hydrogens (tertiary/aromatic N) is 4. The third kappa shape index (κ3) is 3.25. The minimum Gasteiger partial charge on any atom is -0.364 e. The number of carbonyl (C=O) groups excluding carboxylic acids is 1. The summed E-state index contributed by atoms with van der Waals surface area (Å²) in [5, 5.41) is 13.4. The molecule has 1 unspecified atom stereocenters. The minimum atomic E-state index is -0.315. The highest BCUT2D eigenvalue weighted by molar-refractivity contribution is 5.85. The number of aromatic nitrogens is 2. The van der Waals surface area contributed by atoms with E-state index >= 15 is 0 Å². The molecule has 0 spiro atoms. The van der Waals surface area contributed by atoms with Crippen molar-refractivity contribution < 1.29 is 9.18 Å². The molecule has 4 aromatic rings. The van der Waals surface area contributed by atoms with Gasteiger partial charge >= 0.3 is 0 Å². The Morgan fingerprint density at radius 2 is 2.06 bits per heavy atom. The zero-order chi connectivity index (χ0) is 22.4. The minimum absolute atomic E-state index is 0.0296. The molecule has 2 aromatic heterocycles. The Morgan fingerprint density at radius 3 is 2.84 bits per heavy atom. The number of nitriles is 1. The maximum atomic E-state index is 14.0. The van der Waals surface area contributed by atoms with E-state index in [4.69, 9.17) is 4.98 Å². The average Bonchev–Trinajstić information content (AvgIpc) is 3.05. The van der Waals surface area contributed by atoms with Gasteiger partial charge in [-0.25, -0.2) is 9.37 Å². The summed E-state index contributed by atoms with van der Waals surface area (Å²) in [4.78, 5) is 18.5. The number of amides is 1. The maximum absolute atomic E-state index is 14.0. The first-order valence-corrected chi connectivity index (χ1v) is 10.6. The number of carbonyl (C=O) groups is 1. The first-order valence-electron chi connectivity index (χ1n) is 10.6. The number of nitrogens with one attached hydrogen (secondary N) is 1. The van der Waals surface area contributed by atoms with Crippen molar-refractivity contribution in [1.29, 1.82) is 5.26 Å². The number of rotatable bonds is 2. The van der Waals surface area contributed by atoms with E-state index in [2.05, 4.69) is 11.4 Å². The van der Waals surface area contributed by atoms with Gasteiger partial charge in [0.1, 0.15) is 17.7 Å². The molecule has 6 nitrogen and oxygen atoms in total. The predicted octanol–water partition coefficient (Wildman–Crippen LogP) is 4.71. The Morgan fingerprint density at radius 1 is 1.25 bits per heavy atom. The van der Waals surface area contributed by atoms with Crippen molar-refractivity contribution in [1.82, 2.24) is 14.3 Å². The Hall–Kier alpha value is -3.92. The van der Waals surface area contributed by atoms with E-state index in [0.717, 1.165) is 33.5 Å². The summed E-state index contributed by atoms with van der Waals surface area (Å²) in [5.74, 6) is 0.463. The lowest BCUT2D eigenvalue weighted by atomic mass is 9.99. The highest BCUT2D eigenvalue weighted by Gasteiger charge is 2.25. The number of fused-ring (bicyclic) bond motifs is 4. The Bertz CT molecular complexity index is 1420. The number of para-hydroxylation sites is 2. The van der Waals surface area contributed by atoms with Crippen LogP contribution in [0.2, 0.25) is 0 Å². The van der Waals surface area contributed by atoms with Crippen LogP contribution >= 0.6 is 0 Å². The third-order valence-electron chi connectivity index (χ3n) is 6.18. The average molecular weight is 427 g/mol. The van der Waals surface area contributed by atoms with Crippen LogP contribution in [0.1, 0.15) is 41.6 Å². The second-order valence-electron chi connectivity index (χ2n) is 8.23. The van der Waals surface area contributed by atoms with E-state index < -0.39 is 0 Å². The molecule has 0 bridgehead atoms. The monoisotopic (exact) mass is 427 g/mol. The molecule has 32 heavy (non-hydrogen) atoms. The van der Waals surface area contributed by atoms with Crippen molar-refractivity contribution in [3.8, 4) is 6.07 Å². The molecule has 1 aliphatic heterocycles. The summed E-state index contributed by atoms with van der Waals surface area (Å²) in [7, 11) is 0. The van der Waals surface area contributed by atoms with E-state index in [1.165, 1.54) is 19.1 Å². The predicted molar refractivity (Wildman–Crippen MR) is 121 cm³/mol. The summed E-state index contributed by atoms with van der Waals surface area (Å²) >= 11 is 0. The second kappa shape index (κ2) is 7.65. The van der Waals surface area contributed by atoms with Crippen LogP contribution in [0.25, 0.3) is 16.7 Å². The molecule has 0 fully saturated rings. The molecule has 5 rings (SSSR count). The third-order valence-corrected chi connectivity index (χ3v) is 6.18. The smallest absolute Gasteiger partial charge is 0.219 e. The van der Waals surface area contributed by atoms with Crippen LogP contribution in [0.5, 0.6) is 0 Å². The van der Waals surface area contributed by atoms with E-state index in [9.17, 15) is 14.4 Å². The molecular weight excluding hydrogens is 405 g/mol. The van der Waals surface area contributed by atoms with Crippen LogP contribution in [-0.2, 0) is 11.3 Å². The van der Waals surface area contributed by atoms with Crippen molar-refractivity contribution in [3.63, 3.8) is 0 Å². The number of halogens is 1. The molecule has 1 N–H and O–H groups in total. The highest BCUT2D eigenvalue weighted by Crippen LogP contribution is 2.33. The highest BCUT2D eigenvalue weighted by atomic mass is 19.1. The maximum Gasteiger partial charge on any atom is 0.219 e. The van der Waals surface area contributed by atoms with Gasteiger partial charge in [-0.3, -0.25) is 9.20 Å². The number of hydrogen-bond acceptors (Lipinski definition) is 4. The van der Waals surface area contributed by atoms with Crippen LogP contribution in [0.3, 0.4) is 0 Å². The first-order chi connectivity index (χ1) is 15.5. The first kappa shape index (κ1) is 20.0. The van der Waals surface area contributed by atoms with Gasteiger partial charge in [0.05, 0.1) is 22.6 Å². The number of aryl methyl sites for hydroxylation is 1. The molecule has 1 aliphatic rings. The molecule has 0 saturated heterocycles. The molecule has 7 heteroatoms. The fourth-order valence-corrected chi connectivity index (χ4v) is 4.57. The zero-order valence-electron chi connectivity index (χ0n) is 17.9. The van der Waals surface area contributed by atoms with Gasteiger partial charge in [-0.15, -0.1) is 0 Å². The van der Waals surface area contributed by atoms with Gasteiger partial charge in [0.15, 0.2) is 5.65 Å². The molecule has 160 valence electrons. The lowest BCUT2D eigenvalue weighted by molar-refractivity contribution is -0.129. The van der Waals surface area contributed by atoms with Gasteiger partial charge in [-0.05, 0) is 60.4 Å². The SMILES string of the molecule is CC(=O)N1CCC(Nc2cc(C)c(C#N)c3nc4ccccc4n23)c2ccc(F)cc2C1. The summed E-state index contributed by atoms with van der Waals surface area (Å²) in [6.07, 6.45) is 0.672. The fraction of sp³-hybridized carbons (Fsp3) is 0.240. The van der Waals surface area contributed by atoms with E-state index in [1.54, 1.807) is 11.0 Å². The van der Waals surface area contributed by atoms with Crippen LogP contribution in [0.15, 0.2) is 48.5 Å². The number of imidazole rings is 1. The Kier molecular flexibility index (Phi) is 4.78. The molecule has 2 aromatic carbocycles. The van der Waals surface area contributed by atoms with Gasteiger partial charge in [-0.2, -0.15) is 5.26 Å². The molecular formula is C25H22FN5O. The molecule has 0 saturated carbocycles. The topological polar surface area (TPSA) is 73.4 Å². The van der Waals surface area contributed by atoms with Gasteiger partial charge in [0.25, 0.3) is 0 Å². The number of hydrogen-bond donors (Lipinski definition) is 1. The van der Waals surface area contributed by atoms with E-state index in [1.807, 2.05) is 41.7 Å². The zero-order valence-corrected chi connectivity index (χ0v) is 17.9. The number of pyridine rings is 1. The number of anilines is 1. The largest absolute Gasteiger partial charge is 0.364 e. The summed E-state index contributed by atoms with van der Waals surface area (Å²) in [6.45, 7) is 4.39.